The Hall–Kier alpha value is -1.88. The van der Waals surface area contributed by atoms with E-state index in [0.717, 1.165) is 5.69 Å². The van der Waals surface area contributed by atoms with Crippen molar-refractivity contribution in [2.24, 2.45) is 0 Å². The molecule has 1 aromatic carbocycles. The molecule has 5 heteroatoms. The number of para-hydroxylation sites is 1. The van der Waals surface area contributed by atoms with Crippen LogP contribution >= 0.6 is 15.9 Å². The van der Waals surface area contributed by atoms with E-state index in [1.807, 2.05) is 18.2 Å². The summed E-state index contributed by atoms with van der Waals surface area (Å²) >= 11 is 3.30. The molecule has 19 heavy (non-hydrogen) atoms. The highest BCUT2D eigenvalue weighted by Gasteiger charge is 2.14. The predicted molar refractivity (Wildman–Crippen MR) is 74.5 cm³/mol. The normalized spacial score (nSPS) is 10.2. The molecule has 0 aliphatic heterocycles. The summed E-state index contributed by atoms with van der Waals surface area (Å²) in [5, 5.41) is 9.09. The minimum absolute atomic E-state index is 0.149. The molecule has 0 atom stereocenters. The summed E-state index contributed by atoms with van der Waals surface area (Å²) in [6, 6.07) is 10.6. The zero-order valence-electron chi connectivity index (χ0n) is 10.0. The lowest BCUT2D eigenvalue weighted by atomic mass is 10.2. The monoisotopic (exact) mass is 321 g/mol. The number of nitrogens with zero attached hydrogens (tertiary/aromatic N) is 1. The molecule has 0 spiro atoms. The lowest BCUT2D eigenvalue weighted by Crippen LogP contribution is -2.07. The average Bonchev–Trinajstić information content (AvgIpc) is 2.41. The van der Waals surface area contributed by atoms with Crippen LogP contribution in [0.15, 0.2) is 47.1 Å². The van der Waals surface area contributed by atoms with Crippen LogP contribution in [-0.4, -0.2) is 22.7 Å². The zero-order valence-corrected chi connectivity index (χ0v) is 11.6. The van der Waals surface area contributed by atoms with E-state index in [9.17, 15) is 4.79 Å². The van der Waals surface area contributed by atoms with E-state index < -0.39 is 5.97 Å². The Bertz CT molecular complexity index is 572. The van der Waals surface area contributed by atoms with E-state index in [0.29, 0.717) is 23.2 Å². The van der Waals surface area contributed by atoms with Crippen LogP contribution < -0.4 is 4.74 Å². The van der Waals surface area contributed by atoms with Gasteiger partial charge in [0.2, 0.25) is 0 Å². The summed E-state index contributed by atoms with van der Waals surface area (Å²) in [5.74, 6) is -0.653. The number of rotatable bonds is 5. The van der Waals surface area contributed by atoms with Crippen LogP contribution in [0.3, 0.4) is 0 Å². The molecule has 2 aromatic rings. The highest BCUT2D eigenvalue weighted by atomic mass is 79.9. The maximum Gasteiger partial charge on any atom is 0.339 e. The summed E-state index contributed by atoms with van der Waals surface area (Å²) in [4.78, 5) is 15.3. The number of halogens is 1. The Morgan fingerprint density at radius 1 is 1.26 bits per heavy atom. The van der Waals surface area contributed by atoms with Crippen LogP contribution in [0.25, 0.3) is 0 Å². The summed E-state index contributed by atoms with van der Waals surface area (Å²) in [5.41, 5.74) is 1.06. The molecule has 0 fully saturated rings. The number of ether oxygens (including phenoxy) is 1. The van der Waals surface area contributed by atoms with Crippen molar-refractivity contribution in [3.05, 3.63) is 58.3 Å². The van der Waals surface area contributed by atoms with E-state index >= 15 is 0 Å². The number of pyridine rings is 1. The molecule has 0 amide bonds. The van der Waals surface area contributed by atoms with Crippen molar-refractivity contribution in [3.8, 4) is 5.75 Å². The van der Waals surface area contributed by atoms with Crippen molar-refractivity contribution >= 4 is 21.9 Å². The molecule has 0 radical (unpaired) electrons. The van der Waals surface area contributed by atoms with E-state index in [2.05, 4.69) is 20.9 Å². The van der Waals surface area contributed by atoms with Gasteiger partial charge in [-0.25, -0.2) is 4.79 Å². The van der Waals surface area contributed by atoms with Crippen molar-refractivity contribution in [1.82, 2.24) is 4.98 Å². The number of aromatic nitrogens is 1. The number of carboxylic acid groups (broad SMARTS) is 1. The van der Waals surface area contributed by atoms with Crippen LogP contribution in [-0.2, 0) is 6.42 Å². The minimum Gasteiger partial charge on any atom is -0.491 e. The zero-order chi connectivity index (χ0) is 13.7. The molecule has 4 nitrogen and oxygen atoms in total. The van der Waals surface area contributed by atoms with Gasteiger partial charge in [0.15, 0.2) is 0 Å². The molecule has 98 valence electrons. The molecular formula is C14H12BrNO3. The van der Waals surface area contributed by atoms with Gasteiger partial charge >= 0.3 is 5.97 Å². The largest absolute Gasteiger partial charge is 0.491 e. The molecule has 1 aromatic heterocycles. The molecular weight excluding hydrogens is 310 g/mol. The fourth-order valence-electron chi connectivity index (χ4n) is 1.63. The number of hydrogen-bond donors (Lipinski definition) is 1. The fraction of sp³-hybridized carbons (Fsp3) is 0.143. The predicted octanol–water partition coefficient (Wildman–Crippen LogP) is 3.16. The van der Waals surface area contributed by atoms with Crippen molar-refractivity contribution in [1.29, 1.82) is 0 Å². The quantitative estimate of drug-likeness (QED) is 0.918. The highest BCUT2D eigenvalue weighted by molar-refractivity contribution is 9.10. The lowest BCUT2D eigenvalue weighted by Gasteiger charge is -2.10. The van der Waals surface area contributed by atoms with Gasteiger partial charge < -0.3 is 9.84 Å². The van der Waals surface area contributed by atoms with Crippen LogP contribution in [0.1, 0.15) is 16.1 Å². The number of carbonyl (C=O) groups is 1. The summed E-state index contributed by atoms with van der Waals surface area (Å²) < 4.78 is 6.20. The average molecular weight is 322 g/mol. The molecule has 0 saturated carbocycles. The minimum atomic E-state index is -1.01. The van der Waals surface area contributed by atoms with E-state index in [4.69, 9.17) is 9.84 Å². The maximum absolute atomic E-state index is 11.1. The fourth-order valence-corrected chi connectivity index (χ4v) is 2.11. The smallest absolute Gasteiger partial charge is 0.339 e. The second-order valence-corrected chi connectivity index (χ2v) is 4.70. The molecule has 0 saturated heterocycles. The Labute approximate surface area is 119 Å². The molecule has 1 heterocycles. The highest BCUT2D eigenvalue weighted by Crippen LogP contribution is 2.29. The molecule has 0 bridgehead atoms. The van der Waals surface area contributed by atoms with Crippen molar-refractivity contribution in [3.63, 3.8) is 0 Å². The first-order valence-corrected chi connectivity index (χ1v) is 6.52. The molecule has 1 N–H and O–H groups in total. The number of hydrogen-bond acceptors (Lipinski definition) is 3. The second-order valence-electron chi connectivity index (χ2n) is 3.84. The van der Waals surface area contributed by atoms with Crippen LogP contribution in [0.4, 0.5) is 0 Å². The van der Waals surface area contributed by atoms with Crippen LogP contribution in [0.5, 0.6) is 5.75 Å². The Kier molecular flexibility index (Phi) is 4.52. The van der Waals surface area contributed by atoms with Gasteiger partial charge in [-0.1, -0.05) is 12.1 Å². The standard InChI is InChI=1S/C14H12BrNO3/c15-12-6-3-5-11(14(17)18)13(12)19-9-7-10-4-1-2-8-16-10/h1-6,8H,7,9H2,(H,17,18). The topological polar surface area (TPSA) is 59.4 Å². The van der Waals surface area contributed by atoms with Gasteiger partial charge in [0.25, 0.3) is 0 Å². The van der Waals surface area contributed by atoms with Gasteiger partial charge in [-0.15, -0.1) is 0 Å². The first-order chi connectivity index (χ1) is 9.18. The van der Waals surface area contributed by atoms with Crippen LogP contribution in [0, 0.1) is 0 Å². The number of benzene rings is 1. The Morgan fingerprint density at radius 3 is 2.79 bits per heavy atom. The lowest BCUT2D eigenvalue weighted by molar-refractivity contribution is 0.0692. The van der Waals surface area contributed by atoms with Crippen molar-refractivity contribution in [2.45, 2.75) is 6.42 Å². The molecule has 0 aliphatic carbocycles. The second kappa shape index (κ2) is 6.33. The van der Waals surface area contributed by atoms with Gasteiger partial charge in [-0.05, 0) is 40.2 Å². The first-order valence-electron chi connectivity index (χ1n) is 5.73. The SMILES string of the molecule is O=C(O)c1cccc(Br)c1OCCc1ccccn1. The van der Waals surface area contributed by atoms with Crippen molar-refractivity contribution in [2.75, 3.05) is 6.61 Å². The van der Waals surface area contributed by atoms with E-state index in [1.54, 1.807) is 18.3 Å². The van der Waals surface area contributed by atoms with Gasteiger partial charge in [0, 0.05) is 18.3 Å². The third-order valence-corrected chi connectivity index (χ3v) is 3.15. The first kappa shape index (κ1) is 13.5. The molecule has 0 aliphatic rings. The molecule has 0 unspecified atom stereocenters. The van der Waals surface area contributed by atoms with E-state index in [-0.39, 0.29) is 5.56 Å². The number of carboxylic acids is 1. The number of aromatic carboxylic acids is 1. The van der Waals surface area contributed by atoms with E-state index in [1.165, 1.54) is 6.07 Å². The Morgan fingerprint density at radius 2 is 2.11 bits per heavy atom. The summed E-state index contributed by atoms with van der Waals surface area (Å²) in [7, 11) is 0. The van der Waals surface area contributed by atoms with Crippen LogP contribution in [0.2, 0.25) is 0 Å². The summed E-state index contributed by atoms with van der Waals surface area (Å²) in [6.45, 7) is 0.375. The third-order valence-electron chi connectivity index (χ3n) is 2.53. The Balaban J connectivity index is 2.05. The summed E-state index contributed by atoms with van der Waals surface area (Å²) in [6.07, 6.45) is 2.34. The van der Waals surface area contributed by atoms with Gasteiger partial charge in [-0.3, -0.25) is 4.98 Å². The van der Waals surface area contributed by atoms with Crippen molar-refractivity contribution < 1.29 is 14.6 Å². The van der Waals surface area contributed by atoms with Gasteiger partial charge in [0.05, 0.1) is 11.1 Å². The van der Waals surface area contributed by atoms with Gasteiger partial charge in [0.1, 0.15) is 11.3 Å². The third kappa shape index (κ3) is 3.54. The van der Waals surface area contributed by atoms with Gasteiger partial charge in [-0.2, -0.15) is 0 Å². The molecule has 2 rings (SSSR count). The maximum atomic E-state index is 11.1.